The Hall–Kier alpha value is -1.25. The lowest BCUT2D eigenvalue weighted by Crippen LogP contribution is -2.14. The third-order valence-corrected chi connectivity index (χ3v) is 1.50. The molecule has 0 saturated carbocycles. The van der Waals surface area contributed by atoms with Crippen molar-refractivity contribution < 1.29 is 9.53 Å². The minimum absolute atomic E-state index is 0.333. The fourth-order valence-electron chi connectivity index (χ4n) is 0.937. The molecule has 0 fully saturated rings. The average Bonchev–Trinajstić information content (AvgIpc) is 2.03. The molecule has 1 amide bonds. The quantitative estimate of drug-likeness (QED) is 0.651. The molecule has 0 unspecified atom stereocenters. The van der Waals surface area contributed by atoms with Crippen LogP contribution in [0.3, 0.4) is 0 Å². The van der Waals surface area contributed by atoms with Crippen LogP contribution < -0.4 is 5.73 Å². The van der Waals surface area contributed by atoms with Gasteiger partial charge in [-0.15, -0.1) is 0 Å². The number of hydrogen-bond acceptors (Lipinski definition) is 2. The zero-order chi connectivity index (χ0) is 8.10. The van der Waals surface area contributed by atoms with Crippen molar-refractivity contribution in [2.24, 2.45) is 5.73 Å². The van der Waals surface area contributed by atoms with Crippen LogP contribution in [0.15, 0.2) is 23.8 Å². The lowest BCUT2D eigenvalue weighted by molar-refractivity contribution is 0.165. The highest BCUT2D eigenvalue weighted by Gasteiger charge is 2.01. The molecule has 0 bridgehead atoms. The van der Waals surface area contributed by atoms with Crippen LogP contribution in [0.5, 0.6) is 0 Å². The van der Waals surface area contributed by atoms with E-state index in [1.807, 2.05) is 12.2 Å². The number of nitrogens with two attached hydrogens (primary N) is 1. The van der Waals surface area contributed by atoms with Crippen LogP contribution in [0.25, 0.3) is 0 Å². The zero-order valence-corrected chi connectivity index (χ0v) is 6.25. The molecule has 0 aliphatic heterocycles. The molecule has 1 rings (SSSR count). The minimum atomic E-state index is -0.708. The summed E-state index contributed by atoms with van der Waals surface area (Å²) in [4.78, 5) is 10.2. The SMILES string of the molecule is NC(=O)OCC1=CC=CCC1. The lowest BCUT2D eigenvalue weighted by atomic mass is 10.1. The van der Waals surface area contributed by atoms with Crippen molar-refractivity contribution in [1.82, 2.24) is 0 Å². The molecule has 0 heterocycles. The van der Waals surface area contributed by atoms with Crippen molar-refractivity contribution in [3.05, 3.63) is 23.8 Å². The van der Waals surface area contributed by atoms with Crippen molar-refractivity contribution in [2.75, 3.05) is 6.61 Å². The minimum Gasteiger partial charge on any atom is -0.445 e. The van der Waals surface area contributed by atoms with Gasteiger partial charge in [0, 0.05) is 0 Å². The van der Waals surface area contributed by atoms with Crippen LogP contribution in [0.1, 0.15) is 12.8 Å². The predicted octanol–water partition coefficient (Wildman–Crippen LogP) is 1.36. The van der Waals surface area contributed by atoms with Crippen LogP contribution in [0.4, 0.5) is 4.79 Å². The topological polar surface area (TPSA) is 52.3 Å². The third kappa shape index (κ3) is 2.89. The van der Waals surface area contributed by atoms with E-state index in [0.29, 0.717) is 6.61 Å². The summed E-state index contributed by atoms with van der Waals surface area (Å²) in [5.41, 5.74) is 5.92. The number of amides is 1. The van der Waals surface area contributed by atoms with E-state index in [4.69, 9.17) is 5.73 Å². The molecule has 2 N–H and O–H groups in total. The predicted molar refractivity (Wildman–Crippen MR) is 42.0 cm³/mol. The second-order valence-corrected chi connectivity index (χ2v) is 2.40. The van der Waals surface area contributed by atoms with Crippen molar-refractivity contribution in [2.45, 2.75) is 12.8 Å². The van der Waals surface area contributed by atoms with Gasteiger partial charge < -0.3 is 10.5 Å². The number of allylic oxidation sites excluding steroid dienone is 3. The zero-order valence-electron chi connectivity index (χ0n) is 6.25. The summed E-state index contributed by atoms with van der Waals surface area (Å²) < 4.78 is 4.62. The van der Waals surface area contributed by atoms with Crippen molar-refractivity contribution >= 4 is 6.09 Å². The second-order valence-electron chi connectivity index (χ2n) is 2.40. The van der Waals surface area contributed by atoms with Crippen molar-refractivity contribution in [1.29, 1.82) is 0 Å². The molecule has 0 aromatic carbocycles. The monoisotopic (exact) mass is 153 g/mol. The van der Waals surface area contributed by atoms with Gasteiger partial charge in [-0.1, -0.05) is 18.2 Å². The summed E-state index contributed by atoms with van der Waals surface area (Å²) in [6.07, 6.45) is 7.27. The number of ether oxygens (including phenoxy) is 1. The first kappa shape index (κ1) is 7.85. The highest BCUT2D eigenvalue weighted by Crippen LogP contribution is 2.11. The summed E-state index contributed by atoms with van der Waals surface area (Å²) in [5, 5.41) is 0. The second kappa shape index (κ2) is 3.81. The third-order valence-electron chi connectivity index (χ3n) is 1.50. The Labute approximate surface area is 65.5 Å². The van der Waals surface area contributed by atoms with Gasteiger partial charge in [-0.25, -0.2) is 4.79 Å². The Morgan fingerprint density at radius 1 is 1.73 bits per heavy atom. The molecular weight excluding hydrogens is 142 g/mol. The van der Waals surface area contributed by atoms with Crippen LogP contribution in [-0.2, 0) is 4.74 Å². The summed E-state index contributed by atoms with van der Waals surface area (Å²) in [6, 6.07) is 0. The molecule has 60 valence electrons. The molecule has 0 spiro atoms. The Morgan fingerprint density at radius 3 is 3.09 bits per heavy atom. The maximum absolute atomic E-state index is 10.2. The van der Waals surface area contributed by atoms with E-state index in [-0.39, 0.29) is 0 Å². The number of carbonyl (C=O) groups is 1. The normalized spacial score (nSPS) is 15.8. The van der Waals surface area contributed by atoms with Gasteiger partial charge in [0.25, 0.3) is 0 Å². The maximum atomic E-state index is 10.2. The maximum Gasteiger partial charge on any atom is 0.404 e. The number of rotatable bonds is 2. The smallest absolute Gasteiger partial charge is 0.404 e. The van der Waals surface area contributed by atoms with Crippen LogP contribution >= 0.6 is 0 Å². The highest BCUT2D eigenvalue weighted by atomic mass is 16.5. The molecule has 1 aliphatic carbocycles. The van der Waals surface area contributed by atoms with Gasteiger partial charge in [-0.2, -0.15) is 0 Å². The molecule has 1 aliphatic rings. The van der Waals surface area contributed by atoms with E-state index in [1.54, 1.807) is 0 Å². The van der Waals surface area contributed by atoms with E-state index in [0.717, 1.165) is 18.4 Å². The van der Waals surface area contributed by atoms with Crippen LogP contribution in [-0.4, -0.2) is 12.7 Å². The first-order valence-corrected chi connectivity index (χ1v) is 3.56. The van der Waals surface area contributed by atoms with Crippen molar-refractivity contribution in [3.8, 4) is 0 Å². The van der Waals surface area contributed by atoms with Gasteiger partial charge in [-0.3, -0.25) is 0 Å². The first-order chi connectivity index (χ1) is 5.29. The van der Waals surface area contributed by atoms with Gasteiger partial charge in [0.15, 0.2) is 0 Å². The van der Waals surface area contributed by atoms with Crippen molar-refractivity contribution in [3.63, 3.8) is 0 Å². The number of carbonyl (C=O) groups excluding carboxylic acids is 1. The largest absolute Gasteiger partial charge is 0.445 e. The van der Waals surface area contributed by atoms with E-state index in [9.17, 15) is 4.79 Å². The molecule has 0 aromatic heterocycles. The molecule has 0 saturated heterocycles. The van der Waals surface area contributed by atoms with Gasteiger partial charge in [-0.05, 0) is 18.4 Å². The van der Waals surface area contributed by atoms with E-state index >= 15 is 0 Å². The molecule has 3 nitrogen and oxygen atoms in total. The Morgan fingerprint density at radius 2 is 2.55 bits per heavy atom. The van der Waals surface area contributed by atoms with E-state index < -0.39 is 6.09 Å². The Balaban J connectivity index is 2.31. The highest BCUT2D eigenvalue weighted by molar-refractivity contribution is 5.64. The summed E-state index contributed by atoms with van der Waals surface area (Å²) in [5.74, 6) is 0. The molecule has 3 heteroatoms. The Kier molecular flexibility index (Phi) is 2.72. The van der Waals surface area contributed by atoms with Crippen LogP contribution in [0.2, 0.25) is 0 Å². The van der Waals surface area contributed by atoms with E-state index in [1.165, 1.54) is 0 Å². The van der Waals surface area contributed by atoms with E-state index in [2.05, 4.69) is 10.8 Å². The number of primary amides is 1. The van der Waals surface area contributed by atoms with Crippen LogP contribution in [0, 0.1) is 0 Å². The Bertz CT molecular complexity index is 206. The lowest BCUT2D eigenvalue weighted by Gasteiger charge is -2.07. The molecule has 11 heavy (non-hydrogen) atoms. The number of hydrogen-bond donors (Lipinski definition) is 1. The van der Waals surface area contributed by atoms with Gasteiger partial charge in [0.2, 0.25) is 0 Å². The van der Waals surface area contributed by atoms with Gasteiger partial charge >= 0.3 is 6.09 Å². The average molecular weight is 153 g/mol. The molecule has 0 aromatic rings. The first-order valence-electron chi connectivity index (χ1n) is 3.56. The fourth-order valence-corrected chi connectivity index (χ4v) is 0.937. The van der Waals surface area contributed by atoms with Gasteiger partial charge in [0.05, 0.1) is 0 Å². The van der Waals surface area contributed by atoms with Gasteiger partial charge in [0.1, 0.15) is 6.61 Å². The molecule has 0 atom stereocenters. The summed E-state index contributed by atoms with van der Waals surface area (Å²) >= 11 is 0. The molecular formula is C8H11NO2. The summed E-state index contributed by atoms with van der Waals surface area (Å²) in [6.45, 7) is 0.333. The molecule has 0 radical (unpaired) electrons. The standard InChI is InChI=1S/C8H11NO2/c9-8(10)11-6-7-4-2-1-3-5-7/h1-2,4H,3,5-6H2,(H2,9,10). The summed E-state index contributed by atoms with van der Waals surface area (Å²) in [7, 11) is 0. The fraction of sp³-hybridized carbons (Fsp3) is 0.375.